The summed E-state index contributed by atoms with van der Waals surface area (Å²) in [6, 6.07) is 0. The molecular weight excluding hydrogens is 428 g/mol. The third-order valence-electron chi connectivity index (χ3n) is 5.62. The molecule has 0 bridgehead atoms. The molecule has 0 aromatic rings. The molecule has 0 aromatic carbocycles. The molecule has 11 nitrogen and oxygen atoms in total. The monoisotopic (exact) mass is 464 g/mol. The van der Waals surface area contributed by atoms with Gasteiger partial charge in [-0.2, -0.15) is 0 Å². The fourth-order valence-electron chi connectivity index (χ4n) is 3.39. The van der Waals surface area contributed by atoms with Crippen LogP contribution in [0.5, 0.6) is 0 Å². The van der Waals surface area contributed by atoms with Crippen LogP contribution in [0.1, 0.15) is 26.7 Å². The van der Waals surface area contributed by atoms with Crippen molar-refractivity contribution in [3.8, 4) is 0 Å². The average molecular weight is 465 g/mol. The largest absolute Gasteiger partial charge is 0.393 e. The number of ether oxygens (including phenoxy) is 4. The Labute approximate surface area is 187 Å². The van der Waals surface area contributed by atoms with Crippen molar-refractivity contribution in [1.82, 2.24) is 0 Å². The highest BCUT2D eigenvalue weighted by Crippen LogP contribution is 2.27. The Balaban J connectivity index is 1.86. The number of hydrogen-bond donors (Lipinski definition) is 7. The van der Waals surface area contributed by atoms with Crippen LogP contribution >= 0.6 is 0 Å². The predicted octanol–water partition coefficient (Wildman–Crippen LogP) is -2.07. The molecule has 2 aliphatic heterocycles. The number of aliphatic hydroxyl groups excluding tert-OH is 6. The summed E-state index contributed by atoms with van der Waals surface area (Å²) >= 11 is 0. The molecule has 0 saturated carbocycles. The van der Waals surface area contributed by atoms with Crippen molar-refractivity contribution >= 4 is 0 Å². The first-order valence-electron chi connectivity index (χ1n) is 10.6. The summed E-state index contributed by atoms with van der Waals surface area (Å²) in [6.45, 7) is 2.50. The normalized spacial score (nSPS) is 39.0. The highest BCUT2D eigenvalue weighted by atomic mass is 16.7. The lowest BCUT2D eigenvalue weighted by molar-refractivity contribution is -0.307. The summed E-state index contributed by atoms with van der Waals surface area (Å²) in [6.07, 6.45) is -4.43. The van der Waals surface area contributed by atoms with Crippen molar-refractivity contribution in [2.75, 3.05) is 33.0 Å². The van der Waals surface area contributed by atoms with Crippen molar-refractivity contribution < 1.29 is 54.7 Å². The molecule has 2 saturated heterocycles. The molecule has 2 aliphatic rings. The standard InChI is InChI=1S/C21H36O11/c1-12(6-7-22)4-3-5-13(2)8-29-19-17(26)16(25)15(24)14(32-19)9-30-20-18(27)21(28,10-23)11-31-20/h5-6,14-20,22-28H,3-4,7-11H2,1-2H3/b12-6+,13-5+/t14-,15-,16+,17-,18+,19-,20-,21-/m1/s1. The van der Waals surface area contributed by atoms with Gasteiger partial charge in [-0.05, 0) is 26.7 Å². The van der Waals surface area contributed by atoms with E-state index in [1.807, 2.05) is 19.9 Å². The van der Waals surface area contributed by atoms with E-state index in [0.29, 0.717) is 0 Å². The fourth-order valence-corrected chi connectivity index (χ4v) is 3.39. The van der Waals surface area contributed by atoms with Gasteiger partial charge in [0.05, 0.1) is 33.0 Å². The summed E-state index contributed by atoms with van der Waals surface area (Å²) in [7, 11) is 0. The first kappa shape index (κ1) is 27.3. The lowest BCUT2D eigenvalue weighted by Crippen LogP contribution is -2.59. The Bertz CT molecular complexity index is 639. The van der Waals surface area contributed by atoms with E-state index in [1.54, 1.807) is 6.08 Å². The van der Waals surface area contributed by atoms with Crippen LogP contribution in [0.15, 0.2) is 23.3 Å². The van der Waals surface area contributed by atoms with E-state index >= 15 is 0 Å². The molecule has 8 atom stereocenters. The van der Waals surface area contributed by atoms with Crippen LogP contribution < -0.4 is 0 Å². The van der Waals surface area contributed by atoms with E-state index in [1.165, 1.54) is 0 Å². The Morgan fingerprint density at radius 2 is 1.69 bits per heavy atom. The van der Waals surface area contributed by atoms with Gasteiger partial charge in [0.15, 0.2) is 12.6 Å². The highest BCUT2D eigenvalue weighted by molar-refractivity contribution is 5.04. The molecule has 2 heterocycles. The summed E-state index contributed by atoms with van der Waals surface area (Å²) in [5.41, 5.74) is 0.0861. The molecule has 186 valence electrons. The smallest absolute Gasteiger partial charge is 0.187 e. The lowest BCUT2D eigenvalue weighted by Gasteiger charge is -2.40. The van der Waals surface area contributed by atoms with Gasteiger partial charge in [0.2, 0.25) is 0 Å². The van der Waals surface area contributed by atoms with Gasteiger partial charge in [-0.3, -0.25) is 0 Å². The van der Waals surface area contributed by atoms with E-state index in [-0.39, 0.29) is 26.4 Å². The van der Waals surface area contributed by atoms with Gasteiger partial charge in [0.1, 0.15) is 36.1 Å². The minimum absolute atomic E-state index is 0.00173. The number of allylic oxidation sites excluding steroid dienone is 2. The van der Waals surface area contributed by atoms with Gasteiger partial charge in [0.25, 0.3) is 0 Å². The van der Waals surface area contributed by atoms with E-state index in [2.05, 4.69) is 0 Å². The van der Waals surface area contributed by atoms with Crippen molar-refractivity contribution in [1.29, 1.82) is 0 Å². The average Bonchev–Trinajstić information content (AvgIpc) is 3.05. The first-order valence-corrected chi connectivity index (χ1v) is 10.6. The molecule has 0 radical (unpaired) electrons. The maximum Gasteiger partial charge on any atom is 0.187 e. The van der Waals surface area contributed by atoms with E-state index < -0.39 is 55.3 Å². The summed E-state index contributed by atoms with van der Waals surface area (Å²) in [4.78, 5) is 0. The molecule has 32 heavy (non-hydrogen) atoms. The molecule has 2 rings (SSSR count). The predicted molar refractivity (Wildman–Crippen MR) is 110 cm³/mol. The Morgan fingerprint density at radius 3 is 2.31 bits per heavy atom. The first-order chi connectivity index (χ1) is 15.1. The van der Waals surface area contributed by atoms with Crippen LogP contribution in [0.4, 0.5) is 0 Å². The molecule has 0 aliphatic carbocycles. The van der Waals surface area contributed by atoms with Crippen molar-refractivity contribution in [3.63, 3.8) is 0 Å². The van der Waals surface area contributed by atoms with Crippen LogP contribution in [0.2, 0.25) is 0 Å². The van der Waals surface area contributed by atoms with E-state index in [0.717, 1.165) is 24.0 Å². The summed E-state index contributed by atoms with van der Waals surface area (Å²) < 4.78 is 21.6. The maximum absolute atomic E-state index is 10.2. The topological polar surface area (TPSA) is 179 Å². The van der Waals surface area contributed by atoms with Crippen LogP contribution in [0, 0.1) is 0 Å². The van der Waals surface area contributed by atoms with Gasteiger partial charge in [-0.25, -0.2) is 0 Å². The minimum atomic E-state index is -1.85. The van der Waals surface area contributed by atoms with E-state index in [4.69, 9.17) is 24.1 Å². The zero-order chi connectivity index (χ0) is 23.9. The SMILES string of the molecule is C/C(=C\CO)CC/C=C(\C)CO[C@@H]1O[C@H](CO[C@@H]2OC[C@](O)(CO)[C@H]2O)[C@@H](O)[C@H](O)[C@H]1O. The minimum Gasteiger partial charge on any atom is -0.393 e. The van der Waals surface area contributed by atoms with Gasteiger partial charge < -0.3 is 54.7 Å². The Morgan fingerprint density at radius 1 is 0.969 bits per heavy atom. The lowest BCUT2D eigenvalue weighted by atomic mass is 9.99. The second-order valence-electron chi connectivity index (χ2n) is 8.37. The number of hydrogen-bond acceptors (Lipinski definition) is 11. The number of rotatable bonds is 11. The number of aliphatic hydroxyl groups is 7. The maximum atomic E-state index is 10.2. The zero-order valence-electron chi connectivity index (χ0n) is 18.4. The second-order valence-corrected chi connectivity index (χ2v) is 8.37. The Kier molecular flexibility index (Phi) is 10.6. The molecule has 7 N–H and O–H groups in total. The van der Waals surface area contributed by atoms with Gasteiger partial charge in [0, 0.05) is 0 Å². The molecule has 0 amide bonds. The molecule has 0 aromatic heterocycles. The van der Waals surface area contributed by atoms with Gasteiger partial charge >= 0.3 is 0 Å². The van der Waals surface area contributed by atoms with E-state index in [9.17, 15) is 30.6 Å². The molecule has 0 unspecified atom stereocenters. The highest BCUT2D eigenvalue weighted by Gasteiger charge is 2.50. The van der Waals surface area contributed by atoms with Crippen LogP contribution in [0.25, 0.3) is 0 Å². The molecule has 0 spiro atoms. The van der Waals surface area contributed by atoms with Gasteiger partial charge in [-0.1, -0.05) is 23.3 Å². The molecule has 11 heteroatoms. The quantitative estimate of drug-likeness (QED) is 0.167. The van der Waals surface area contributed by atoms with Crippen LogP contribution in [-0.2, 0) is 18.9 Å². The summed E-state index contributed by atoms with van der Waals surface area (Å²) in [5, 5.41) is 68.6. The second kappa shape index (κ2) is 12.5. The summed E-state index contributed by atoms with van der Waals surface area (Å²) in [5.74, 6) is 0. The Hall–Kier alpha value is -0.960. The fraction of sp³-hybridized carbons (Fsp3) is 0.810. The van der Waals surface area contributed by atoms with Crippen molar-refractivity contribution in [2.45, 2.75) is 75.4 Å². The molecule has 2 fully saturated rings. The van der Waals surface area contributed by atoms with Crippen molar-refractivity contribution in [2.24, 2.45) is 0 Å². The van der Waals surface area contributed by atoms with Crippen LogP contribution in [-0.4, -0.2) is 117 Å². The van der Waals surface area contributed by atoms with Crippen molar-refractivity contribution in [3.05, 3.63) is 23.3 Å². The molecular formula is C21H36O11. The van der Waals surface area contributed by atoms with Crippen LogP contribution in [0.3, 0.4) is 0 Å². The zero-order valence-corrected chi connectivity index (χ0v) is 18.4. The van der Waals surface area contributed by atoms with Gasteiger partial charge in [-0.15, -0.1) is 0 Å². The third kappa shape index (κ3) is 7.02. The third-order valence-corrected chi connectivity index (χ3v) is 5.62.